The molecule has 1 heterocycles. The molecule has 0 spiro atoms. The van der Waals surface area contributed by atoms with Gasteiger partial charge in [0.25, 0.3) is 0 Å². The summed E-state index contributed by atoms with van der Waals surface area (Å²) >= 11 is 0. The highest BCUT2D eigenvalue weighted by atomic mass is 16.5. The molecule has 0 aliphatic heterocycles. The molecule has 1 aromatic heterocycles. The fourth-order valence-electron chi connectivity index (χ4n) is 1.02. The molecule has 0 atom stereocenters. The van der Waals surface area contributed by atoms with Gasteiger partial charge in [0.2, 0.25) is 0 Å². The minimum absolute atomic E-state index is 0.387. The van der Waals surface area contributed by atoms with Crippen molar-refractivity contribution in [3.8, 4) is 5.75 Å². The zero-order valence-electron chi connectivity index (χ0n) is 9.31. The lowest BCUT2D eigenvalue weighted by molar-refractivity contribution is 0.412. The van der Waals surface area contributed by atoms with Crippen LogP contribution < -0.4 is 15.8 Å². The van der Waals surface area contributed by atoms with Crippen LogP contribution in [0.5, 0.6) is 5.75 Å². The van der Waals surface area contributed by atoms with Crippen molar-refractivity contribution in [3.05, 3.63) is 36.7 Å². The van der Waals surface area contributed by atoms with Crippen molar-refractivity contribution in [2.45, 2.75) is 6.54 Å². The van der Waals surface area contributed by atoms with E-state index in [0.29, 0.717) is 19.0 Å². The first-order valence-corrected chi connectivity index (χ1v) is 4.90. The third kappa shape index (κ3) is 4.00. The largest absolute Gasteiger partial charge is 0.495 e. The van der Waals surface area contributed by atoms with Crippen molar-refractivity contribution in [1.82, 2.24) is 10.3 Å². The van der Waals surface area contributed by atoms with E-state index in [2.05, 4.69) is 21.9 Å². The zero-order valence-corrected chi connectivity index (χ0v) is 9.31. The number of nitrogens with two attached hydrogens (primary N) is 1. The molecule has 16 heavy (non-hydrogen) atoms. The van der Waals surface area contributed by atoms with Gasteiger partial charge in [-0.05, 0) is 12.1 Å². The normalized spacial score (nSPS) is 10.9. The van der Waals surface area contributed by atoms with E-state index in [0.717, 1.165) is 11.4 Å². The van der Waals surface area contributed by atoms with Crippen LogP contribution >= 0.6 is 0 Å². The van der Waals surface area contributed by atoms with E-state index < -0.39 is 0 Å². The van der Waals surface area contributed by atoms with Crippen LogP contribution in [0.15, 0.2) is 36.0 Å². The predicted octanol–water partition coefficient (Wildman–Crippen LogP) is 0.680. The molecular weight excluding hydrogens is 204 g/mol. The summed E-state index contributed by atoms with van der Waals surface area (Å²) in [5.41, 5.74) is 6.44. The summed E-state index contributed by atoms with van der Waals surface area (Å²) in [6.07, 6.45) is 3.37. The highest BCUT2D eigenvalue weighted by Gasteiger charge is 1.95. The molecule has 0 aromatic carbocycles. The Hall–Kier alpha value is -2.04. The van der Waals surface area contributed by atoms with Crippen LogP contribution in [0.25, 0.3) is 0 Å². The number of rotatable bonds is 5. The molecule has 0 bridgehead atoms. The number of methoxy groups -OCH3 is 1. The van der Waals surface area contributed by atoms with Crippen molar-refractivity contribution in [3.63, 3.8) is 0 Å². The number of nitrogens with one attached hydrogen (secondary N) is 1. The molecule has 0 saturated heterocycles. The van der Waals surface area contributed by atoms with Gasteiger partial charge in [-0.25, -0.2) is 4.99 Å². The maximum Gasteiger partial charge on any atom is 0.189 e. The minimum atomic E-state index is 0.387. The number of aliphatic imine (C=N–C) groups is 1. The second-order valence-electron chi connectivity index (χ2n) is 3.06. The quantitative estimate of drug-likeness (QED) is 0.435. The van der Waals surface area contributed by atoms with E-state index in [9.17, 15) is 0 Å². The highest BCUT2D eigenvalue weighted by Crippen LogP contribution is 2.08. The molecule has 3 N–H and O–H groups in total. The van der Waals surface area contributed by atoms with E-state index in [1.54, 1.807) is 19.4 Å². The minimum Gasteiger partial charge on any atom is -0.495 e. The van der Waals surface area contributed by atoms with Gasteiger partial charge < -0.3 is 15.8 Å². The van der Waals surface area contributed by atoms with E-state index in [1.807, 2.05) is 12.1 Å². The molecule has 0 aliphatic carbocycles. The Morgan fingerprint density at radius 3 is 3.06 bits per heavy atom. The third-order valence-electron chi connectivity index (χ3n) is 1.87. The number of ether oxygens (including phenoxy) is 1. The molecule has 0 amide bonds. The van der Waals surface area contributed by atoms with Gasteiger partial charge in [-0.3, -0.25) is 4.98 Å². The van der Waals surface area contributed by atoms with E-state index in [1.165, 1.54) is 0 Å². The molecule has 0 aliphatic rings. The van der Waals surface area contributed by atoms with Gasteiger partial charge >= 0.3 is 0 Å². The van der Waals surface area contributed by atoms with Gasteiger partial charge in [0.15, 0.2) is 5.96 Å². The van der Waals surface area contributed by atoms with Crippen molar-refractivity contribution in [1.29, 1.82) is 0 Å². The molecule has 1 rings (SSSR count). The number of aromatic nitrogens is 1. The first kappa shape index (κ1) is 12.0. The second kappa shape index (κ2) is 6.44. The first-order chi connectivity index (χ1) is 7.76. The summed E-state index contributed by atoms with van der Waals surface area (Å²) in [5, 5.41) is 2.88. The Morgan fingerprint density at radius 1 is 1.69 bits per heavy atom. The summed E-state index contributed by atoms with van der Waals surface area (Å²) in [4.78, 5) is 8.29. The first-order valence-electron chi connectivity index (χ1n) is 4.90. The summed E-state index contributed by atoms with van der Waals surface area (Å²) < 4.78 is 5.00. The van der Waals surface area contributed by atoms with Gasteiger partial charge in [-0.1, -0.05) is 6.08 Å². The standard InChI is InChI=1S/C11H16N4O/c1-3-6-13-11(12)15-7-9-4-5-10(16-2)8-14-9/h3-5,8H,1,6-7H2,2H3,(H3,12,13,15). The van der Waals surface area contributed by atoms with Gasteiger partial charge in [0.1, 0.15) is 5.75 Å². The van der Waals surface area contributed by atoms with E-state index in [-0.39, 0.29) is 0 Å². The van der Waals surface area contributed by atoms with E-state index in [4.69, 9.17) is 10.5 Å². The molecule has 0 radical (unpaired) electrons. The molecule has 0 unspecified atom stereocenters. The van der Waals surface area contributed by atoms with E-state index >= 15 is 0 Å². The average Bonchev–Trinajstić information content (AvgIpc) is 2.34. The van der Waals surface area contributed by atoms with Crippen LogP contribution in [0.3, 0.4) is 0 Å². The molecule has 5 heteroatoms. The van der Waals surface area contributed by atoms with Crippen molar-refractivity contribution < 1.29 is 4.74 Å². The van der Waals surface area contributed by atoms with Crippen LogP contribution in [0.2, 0.25) is 0 Å². The third-order valence-corrected chi connectivity index (χ3v) is 1.87. The number of guanidine groups is 1. The number of hydrogen-bond acceptors (Lipinski definition) is 3. The second-order valence-corrected chi connectivity index (χ2v) is 3.06. The van der Waals surface area contributed by atoms with Crippen LogP contribution in [-0.2, 0) is 6.54 Å². The lowest BCUT2D eigenvalue weighted by atomic mass is 10.3. The number of hydrogen-bond donors (Lipinski definition) is 2. The smallest absolute Gasteiger partial charge is 0.189 e. The average molecular weight is 220 g/mol. The van der Waals surface area contributed by atoms with Crippen LogP contribution in [0.1, 0.15) is 5.69 Å². The monoisotopic (exact) mass is 220 g/mol. The fourth-order valence-corrected chi connectivity index (χ4v) is 1.02. The van der Waals surface area contributed by atoms with Crippen LogP contribution in [0, 0.1) is 0 Å². The molecule has 5 nitrogen and oxygen atoms in total. The number of nitrogens with zero attached hydrogens (tertiary/aromatic N) is 2. The fraction of sp³-hybridized carbons (Fsp3) is 0.273. The Kier molecular flexibility index (Phi) is 4.85. The Bertz CT molecular complexity index is 359. The zero-order chi connectivity index (χ0) is 11.8. The SMILES string of the molecule is C=CCNC(N)=NCc1ccc(OC)cn1. The lowest BCUT2D eigenvalue weighted by Crippen LogP contribution is -2.31. The molecule has 0 saturated carbocycles. The highest BCUT2D eigenvalue weighted by molar-refractivity contribution is 5.77. The molecular formula is C11H16N4O. The summed E-state index contributed by atoms with van der Waals surface area (Å²) in [6, 6.07) is 3.69. The van der Waals surface area contributed by atoms with Gasteiger partial charge in [-0.15, -0.1) is 6.58 Å². The van der Waals surface area contributed by atoms with Crippen LogP contribution in [0.4, 0.5) is 0 Å². The Balaban J connectivity index is 2.49. The lowest BCUT2D eigenvalue weighted by Gasteiger charge is -2.02. The maximum absolute atomic E-state index is 5.60. The van der Waals surface area contributed by atoms with Crippen molar-refractivity contribution >= 4 is 5.96 Å². The van der Waals surface area contributed by atoms with Crippen molar-refractivity contribution in [2.24, 2.45) is 10.7 Å². The predicted molar refractivity (Wildman–Crippen MR) is 64.3 cm³/mol. The maximum atomic E-state index is 5.60. The molecule has 1 aromatic rings. The van der Waals surface area contributed by atoms with Gasteiger partial charge in [0.05, 0.1) is 25.5 Å². The Morgan fingerprint density at radius 2 is 2.50 bits per heavy atom. The Labute approximate surface area is 95.0 Å². The van der Waals surface area contributed by atoms with Crippen LogP contribution in [-0.4, -0.2) is 24.6 Å². The summed E-state index contributed by atoms with van der Waals surface area (Å²) in [7, 11) is 1.60. The molecule has 0 fully saturated rings. The molecule has 86 valence electrons. The number of pyridine rings is 1. The topological polar surface area (TPSA) is 72.5 Å². The van der Waals surface area contributed by atoms with Crippen molar-refractivity contribution in [2.75, 3.05) is 13.7 Å². The van der Waals surface area contributed by atoms with Gasteiger partial charge in [-0.2, -0.15) is 0 Å². The van der Waals surface area contributed by atoms with Gasteiger partial charge in [0, 0.05) is 6.54 Å². The summed E-state index contributed by atoms with van der Waals surface area (Å²) in [6.45, 7) is 4.62. The summed E-state index contributed by atoms with van der Waals surface area (Å²) in [5.74, 6) is 1.11.